The van der Waals surface area contributed by atoms with Crippen LogP contribution in [0.25, 0.3) is 11.0 Å². The van der Waals surface area contributed by atoms with Crippen molar-refractivity contribution in [3.63, 3.8) is 0 Å². The van der Waals surface area contributed by atoms with Gasteiger partial charge in [-0.25, -0.2) is 14.8 Å². The van der Waals surface area contributed by atoms with E-state index in [2.05, 4.69) is 41.0 Å². The fourth-order valence-electron chi connectivity index (χ4n) is 3.88. The minimum absolute atomic E-state index is 0.320. The highest BCUT2D eigenvalue weighted by molar-refractivity contribution is 5.95. The van der Waals surface area contributed by atoms with E-state index < -0.39 is 5.97 Å². The lowest BCUT2D eigenvalue weighted by Gasteiger charge is -2.35. The molecule has 0 unspecified atom stereocenters. The molecule has 0 atom stereocenters. The first kappa shape index (κ1) is 21.2. The highest BCUT2D eigenvalue weighted by atomic mass is 16.5. The third-order valence-corrected chi connectivity index (χ3v) is 5.81. The van der Waals surface area contributed by atoms with E-state index in [4.69, 9.17) is 14.7 Å². The summed E-state index contributed by atoms with van der Waals surface area (Å²) in [5.41, 5.74) is 5.49. The number of esters is 1. The SMILES string of the molecule is CCCOC(=O)c1nc2cc(C)c(C)cc2nc1N1CCN(Cc2ccccc2)CC1. The van der Waals surface area contributed by atoms with Crippen LogP contribution in [0.15, 0.2) is 42.5 Å². The van der Waals surface area contributed by atoms with Crippen molar-refractivity contribution in [1.29, 1.82) is 0 Å². The number of aromatic nitrogens is 2. The number of ether oxygens (including phenoxy) is 1. The van der Waals surface area contributed by atoms with Crippen molar-refractivity contribution in [2.75, 3.05) is 37.7 Å². The van der Waals surface area contributed by atoms with Crippen LogP contribution in [-0.2, 0) is 11.3 Å². The summed E-state index contributed by atoms with van der Waals surface area (Å²) in [5.74, 6) is 0.243. The Bertz CT molecular complexity index is 1060. The molecule has 2 heterocycles. The molecule has 1 aromatic heterocycles. The van der Waals surface area contributed by atoms with Gasteiger partial charge >= 0.3 is 5.97 Å². The van der Waals surface area contributed by atoms with Gasteiger partial charge in [0.05, 0.1) is 17.6 Å². The number of fused-ring (bicyclic) bond motifs is 1. The maximum atomic E-state index is 12.8. The summed E-state index contributed by atoms with van der Waals surface area (Å²) in [7, 11) is 0. The topological polar surface area (TPSA) is 58.6 Å². The van der Waals surface area contributed by atoms with Crippen LogP contribution >= 0.6 is 0 Å². The van der Waals surface area contributed by atoms with Gasteiger partial charge in [0.2, 0.25) is 0 Å². The summed E-state index contributed by atoms with van der Waals surface area (Å²) in [5, 5.41) is 0. The Labute approximate surface area is 183 Å². The van der Waals surface area contributed by atoms with Gasteiger partial charge in [-0.1, -0.05) is 37.3 Å². The number of hydrogen-bond acceptors (Lipinski definition) is 6. The molecule has 162 valence electrons. The van der Waals surface area contributed by atoms with Crippen LogP contribution in [0.1, 0.15) is 40.5 Å². The molecule has 0 N–H and O–H groups in total. The molecule has 4 rings (SSSR count). The second-order valence-electron chi connectivity index (χ2n) is 8.21. The first-order valence-corrected chi connectivity index (χ1v) is 11.0. The molecule has 3 aromatic rings. The molecule has 1 saturated heterocycles. The number of aryl methyl sites for hydroxylation is 2. The van der Waals surface area contributed by atoms with Gasteiger partial charge in [-0.15, -0.1) is 0 Å². The van der Waals surface area contributed by atoms with E-state index in [-0.39, 0.29) is 0 Å². The second-order valence-corrected chi connectivity index (χ2v) is 8.21. The lowest BCUT2D eigenvalue weighted by Crippen LogP contribution is -2.46. The smallest absolute Gasteiger partial charge is 0.360 e. The summed E-state index contributed by atoms with van der Waals surface area (Å²) in [6.45, 7) is 10.8. The maximum absolute atomic E-state index is 12.8. The molecule has 2 aromatic carbocycles. The van der Waals surface area contributed by atoms with Gasteiger partial charge in [0.1, 0.15) is 0 Å². The molecule has 1 fully saturated rings. The Morgan fingerprint density at radius 3 is 2.26 bits per heavy atom. The van der Waals surface area contributed by atoms with Crippen LogP contribution in [0.3, 0.4) is 0 Å². The largest absolute Gasteiger partial charge is 0.461 e. The van der Waals surface area contributed by atoms with Crippen molar-refractivity contribution in [3.05, 3.63) is 64.8 Å². The average molecular weight is 419 g/mol. The van der Waals surface area contributed by atoms with E-state index >= 15 is 0 Å². The molecule has 0 radical (unpaired) electrons. The van der Waals surface area contributed by atoms with Crippen molar-refractivity contribution >= 4 is 22.8 Å². The van der Waals surface area contributed by atoms with Crippen LogP contribution in [0.4, 0.5) is 5.82 Å². The van der Waals surface area contributed by atoms with E-state index in [1.807, 2.05) is 32.0 Å². The van der Waals surface area contributed by atoms with Crippen molar-refractivity contribution in [2.45, 2.75) is 33.7 Å². The molecule has 1 aliphatic heterocycles. The van der Waals surface area contributed by atoms with Crippen molar-refractivity contribution in [2.24, 2.45) is 0 Å². The molecule has 0 aliphatic carbocycles. The monoisotopic (exact) mass is 418 g/mol. The van der Waals surface area contributed by atoms with E-state index in [0.29, 0.717) is 18.1 Å². The van der Waals surface area contributed by atoms with Crippen molar-refractivity contribution in [1.82, 2.24) is 14.9 Å². The fourth-order valence-corrected chi connectivity index (χ4v) is 3.88. The predicted octanol–water partition coefficient (Wildman–Crippen LogP) is 4.14. The maximum Gasteiger partial charge on any atom is 0.360 e. The van der Waals surface area contributed by atoms with E-state index in [1.54, 1.807) is 0 Å². The van der Waals surface area contributed by atoms with E-state index in [1.165, 1.54) is 11.1 Å². The number of nitrogens with zero attached hydrogens (tertiary/aromatic N) is 4. The number of benzene rings is 2. The zero-order valence-corrected chi connectivity index (χ0v) is 18.6. The highest BCUT2D eigenvalue weighted by Crippen LogP contribution is 2.25. The minimum Gasteiger partial charge on any atom is -0.461 e. The Balaban J connectivity index is 1.59. The molecule has 0 saturated carbocycles. The normalized spacial score (nSPS) is 14.7. The number of hydrogen-bond donors (Lipinski definition) is 0. The molecular formula is C25H30N4O2. The number of piperazine rings is 1. The number of rotatable bonds is 6. The Morgan fingerprint density at radius 2 is 1.61 bits per heavy atom. The minimum atomic E-state index is -0.392. The van der Waals surface area contributed by atoms with Crippen LogP contribution < -0.4 is 4.90 Å². The Morgan fingerprint density at radius 1 is 0.968 bits per heavy atom. The number of carbonyl (C=O) groups is 1. The first-order chi connectivity index (χ1) is 15.0. The predicted molar refractivity (Wildman–Crippen MR) is 124 cm³/mol. The molecule has 31 heavy (non-hydrogen) atoms. The molecule has 6 nitrogen and oxygen atoms in total. The van der Waals surface area contributed by atoms with Gasteiger partial charge in [0.25, 0.3) is 0 Å². The third kappa shape index (κ3) is 4.85. The fraction of sp³-hybridized carbons (Fsp3) is 0.400. The van der Waals surface area contributed by atoms with Crippen LogP contribution in [-0.4, -0.2) is 53.6 Å². The molecule has 0 spiro atoms. The third-order valence-electron chi connectivity index (χ3n) is 5.81. The summed E-state index contributed by atoms with van der Waals surface area (Å²) >= 11 is 0. The standard InChI is InChI=1S/C25H30N4O2/c1-4-14-31-25(30)23-24(27-22-16-19(3)18(2)15-21(22)26-23)29-12-10-28(11-13-29)17-20-8-6-5-7-9-20/h5-9,15-16H,4,10-14,17H2,1-3H3. The zero-order chi connectivity index (χ0) is 21.8. The quantitative estimate of drug-likeness (QED) is 0.561. The van der Waals surface area contributed by atoms with Crippen molar-refractivity contribution in [3.8, 4) is 0 Å². The molecule has 0 bridgehead atoms. The molecule has 6 heteroatoms. The summed E-state index contributed by atoms with van der Waals surface area (Å²) in [6, 6.07) is 14.6. The molecule has 1 aliphatic rings. The van der Waals surface area contributed by atoms with Gasteiger partial charge in [-0.3, -0.25) is 4.90 Å². The first-order valence-electron chi connectivity index (χ1n) is 11.0. The lowest BCUT2D eigenvalue weighted by molar-refractivity contribution is 0.0499. The summed E-state index contributed by atoms with van der Waals surface area (Å²) in [4.78, 5) is 27.0. The van der Waals surface area contributed by atoms with Gasteiger partial charge in [-0.05, 0) is 49.1 Å². The second kappa shape index (κ2) is 9.43. The van der Waals surface area contributed by atoms with Gasteiger partial charge < -0.3 is 9.64 Å². The van der Waals surface area contributed by atoms with Gasteiger partial charge in [0, 0.05) is 32.7 Å². The molecule has 0 amide bonds. The Kier molecular flexibility index (Phi) is 6.47. The highest BCUT2D eigenvalue weighted by Gasteiger charge is 2.26. The average Bonchev–Trinajstić information content (AvgIpc) is 2.79. The van der Waals surface area contributed by atoms with Crippen LogP contribution in [0.5, 0.6) is 0 Å². The van der Waals surface area contributed by atoms with Crippen LogP contribution in [0.2, 0.25) is 0 Å². The van der Waals surface area contributed by atoms with Gasteiger partial charge in [0.15, 0.2) is 11.5 Å². The number of anilines is 1. The lowest BCUT2D eigenvalue weighted by atomic mass is 10.1. The van der Waals surface area contributed by atoms with E-state index in [0.717, 1.165) is 55.7 Å². The zero-order valence-electron chi connectivity index (χ0n) is 18.6. The van der Waals surface area contributed by atoms with E-state index in [9.17, 15) is 4.79 Å². The Hall–Kier alpha value is -2.99. The van der Waals surface area contributed by atoms with Crippen LogP contribution in [0, 0.1) is 13.8 Å². The number of carbonyl (C=O) groups excluding carboxylic acids is 1. The summed E-state index contributed by atoms with van der Waals surface area (Å²) < 4.78 is 5.43. The van der Waals surface area contributed by atoms with Crippen molar-refractivity contribution < 1.29 is 9.53 Å². The van der Waals surface area contributed by atoms with Gasteiger partial charge in [-0.2, -0.15) is 0 Å². The molecular weight excluding hydrogens is 388 g/mol. The summed E-state index contributed by atoms with van der Waals surface area (Å²) in [6.07, 6.45) is 0.776.